The number of aliphatic hydroxyl groups excluding tert-OH is 1. The van der Waals surface area contributed by atoms with Crippen LogP contribution in [0.25, 0.3) is 0 Å². The zero-order valence-electron chi connectivity index (χ0n) is 15.8. The minimum absolute atomic E-state index is 0. The van der Waals surface area contributed by atoms with E-state index in [-0.39, 0.29) is 29.8 Å². The van der Waals surface area contributed by atoms with E-state index in [0.29, 0.717) is 24.6 Å². The molecule has 0 fully saturated rings. The highest BCUT2D eigenvalue weighted by molar-refractivity contribution is 14.0. The summed E-state index contributed by atoms with van der Waals surface area (Å²) in [7, 11) is 0. The fraction of sp³-hybridized carbons (Fsp3) is 0.350. The minimum atomic E-state index is -0.736. The van der Waals surface area contributed by atoms with E-state index in [2.05, 4.69) is 47.0 Å². The standard InChI is InChI=1S/C20H26FN3OS.HI/c1-4-22-20(23-12-16-6-5-14(2)11-19(16)26-3)24-13-18(25)15-7-9-17(21)10-8-15;/h5-11,18,25H,4,12-13H2,1-3H3,(H2,22,23,24);1H. The van der Waals surface area contributed by atoms with Crippen molar-refractivity contribution in [3.8, 4) is 0 Å². The molecule has 2 rings (SSSR count). The fourth-order valence-electron chi connectivity index (χ4n) is 2.48. The van der Waals surface area contributed by atoms with E-state index in [1.54, 1.807) is 23.9 Å². The number of hydrogen-bond acceptors (Lipinski definition) is 3. The first-order chi connectivity index (χ1) is 12.5. The molecule has 1 atom stereocenters. The van der Waals surface area contributed by atoms with Crippen LogP contribution in [0.4, 0.5) is 4.39 Å². The minimum Gasteiger partial charge on any atom is -0.387 e. The first-order valence-electron chi connectivity index (χ1n) is 8.62. The van der Waals surface area contributed by atoms with Crippen molar-refractivity contribution in [1.82, 2.24) is 10.6 Å². The molecule has 27 heavy (non-hydrogen) atoms. The number of aliphatic hydroxyl groups is 1. The van der Waals surface area contributed by atoms with Crippen molar-refractivity contribution in [2.45, 2.75) is 31.4 Å². The second-order valence-corrected chi connectivity index (χ2v) is 6.81. The number of benzene rings is 2. The number of hydrogen-bond donors (Lipinski definition) is 3. The normalized spacial score (nSPS) is 12.3. The van der Waals surface area contributed by atoms with E-state index in [1.165, 1.54) is 28.2 Å². The topological polar surface area (TPSA) is 56.7 Å². The number of halogens is 2. The number of aliphatic imine (C=N–C) groups is 1. The molecular formula is C20H27FIN3OS. The van der Waals surface area contributed by atoms with Crippen LogP contribution in [-0.2, 0) is 6.54 Å². The first kappa shape index (κ1) is 23.7. The molecule has 148 valence electrons. The van der Waals surface area contributed by atoms with Gasteiger partial charge in [0.15, 0.2) is 5.96 Å². The van der Waals surface area contributed by atoms with Crippen molar-refractivity contribution in [2.75, 3.05) is 19.3 Å². The Morgan fingerprint density at radius 1 is 1.19 bits per heavy atom. The van der Waals surface area contributed by atoms with Crippen LogP contribution >= 0.6 is 35.7 Å². The van der Waals surface area contributed by atoms with E-state index in [4.69, 9.17) is 0 Å². The van der Waals surface area contributed by atoms with Crippen molar-refractivity contribution in [1.29, 1.82) is 0 Å². The molecule has 0 radical (unpaired) electrons. The molecule has 0 aromatic heterocycles. The van der Waals surface area contributed by atoms with Crippen LogP contribution in [0, 0.1) is 12.7 Å². The van der Waals surface area contributed by atoms with Crippen molar-refractivity contribution in [3.63, 3.8) is 0 Å². The van der Waals surface area contributed by atoms with Gasteiger partial charge in [0.25, 0.3) is 0 Å². The Balaban J connectivity index is 0.00000364. The summed E-state index contributed by atoms with van der Waals surface area (Å²) >= 11 is 1.71. The van der Waals surface area contributed by atoms with Gasteiger partial charge in [-0.05, 0) is 55.0 Å². The van der Waals surface area contributed by atoms with Gasteiger partial charge in [0.1, 0.15) is 5.82 Å². The average Bonchev–Trinajstić information content (AvgIpc) is 2.65. The van der Waals surface area contributed by atoms with E-state index < -0.39 is 6.10 Å². The molecule has 0 spiro atoms. The maximum absolute atomic E-state index is 13.0. The van der Waals surface area contributed by atoms with E-state index in [0.717, 1.165) is 6.54 Å². The Kier molecular flexibility index (Phi) is 10.7. The Bertz CT molecular complexity index is 741. The Labute approximate surface area is 182 Å². The molecule has 1 unspecified atom stereocenters. The van der Waals surface area contributed by atoms with Gasteiger partial charge in [0, 0.05) is 18.0 Å². The van der Waals surface area contributed by atoms with E-state index in [1.807, 2.05) is 6.92 Å². The lowest BCUT2D eigenvalue weighted by Crippen LogP contribution is -2.39. The lowest BCUT2D eigenvalue weighted by molar-refractivity contribution is 0.180. The van der Waals surface area contributed by atoms with Gasteiger partial charge in [-0.3, -0.25) is 0 Å². The van der Waals surface area contributed by atoms with Crippen LogP contribution in [0.2, 0.25) is 0 Å². The third-order valence-corrected chi connectivity index (χ3v) is 4.73. The smallest absolute Gasteiger partial charge is 0.191 e. The average molecular weight is 503 g/mol. The molecule has 7 heteroatoms. The molecule has 0 bridgehead atoms. The first-order valence-corrected chi connectivity index (χ1v) is 9.85. The number of thioether (sulfide) groups is 1. The highest BCUT2D eigenvalue weighted by Crippen LogP contribution is 2.22. The Morgan fingerprint density at radius 2 is 1.89 bits per heavy atom. The molecule has 2 aromatic carbocycles. The summed E-state index contributed by atoms with van der Waals surface area (Å²) in [5, 5.41) is 16.6. The lowest BCUT2D eigenvalue weighted by atomic mass is 10.1. The number of rotatable bonds is 7. The van der Waals surface area contributed by atoms with Crippen LogP contribution in [0.15, 0.2) is 52.4 Å². The van der Waals surface area contributed by atoms with Crippen LogP contribution in [-0.4, -0.2) is 30.4 Å². The van der Waals surface area contributed by atoms with E-state index in [9.17, 15) is 9.50 Å². The number of guanidine groups is 1. The highest BCUT2D eigenvalue weighted by atomic mass is 127. The van der Waals surface area contributed by atoms with Crippen molar-refractivity contribution < 1.29 is 9.50 Å². The summed E-state index contributed by atoms with van der Waals surface area (Å²) in [6, 6.07) is 12.2. The molecule has 0 aliphatic carbocycles. The van der Waals surface area contributed by atoms with Gasteiger partial charge >= 0.3 is 0 Å². The fourth-order valence-corrected chi connectivity index (χ4v) is 3.18. The quantitative estimate of drug-likeness (QED) is 0.229. The van der Waals surface area contributed by atoms with Crippen molar-refractivity contribution >= 4 is 41.7 Å². The SMILES string of the molecule is CCNC(=NCc1ccc(C)cc1SC)NCC(O)c1ccc(F)cc1.I. The van der Waals surface area contributed by atoms with Crippen molar-refractivity contribution in [3.05, 3.63) is 65.0 Å². The molecule has 2 aromatic rings. The second kappa shape index (κ2) is 12.2. The van der Waals surface area contributed by atoms with Gasteiger partial charge in [-0.15, -0.1) is 35.7 Å². The largest absolute Gasteiger partial charge is 0.387 e. The second-order valence-electron chi connectivity index (χ2n) is 5.96. The molecule has 0 aliphatic heterocycles. The van der Waals surface area contributed by atoms with Gasteiger partial charge < -0.3 is 15.7 Å². The summed E-state index contributed by atoms with van der Waals surface area (Å²) in [6.07, 6.45) is 1.32. The third kappa shape index (κ3) is 7.67. The van der Waals surface area contributed by atoms with E-state index >= 15 is 0 Å². The monoisotopic (exact) mass is 503 g/mol. The van der Waals surface area contributed by atoms with Gasteiger partial charge in [-0.25, -0.2) is 9.38 Å². The maximum atomic E-state index is 13.0. The molecule has 0 saturated carbocycles. The number of nitrogens with one attached hydrogen (secondary N) is 2. The Hall–Kier alpha value is -1.32. The zero-order valence-corrected chi connectivity index (χ0v) is 19.0. The van der Waals surface area contributed by atoms with Gasteiger partial charge in [0.2, 0.25) is 0 Å². The zero-order chi connectivity index (χ0) is 18.9. The van der Waals surface area contributed by atoms with Crippen LogP contribution < -0.4 is 10.6 Å². The molecule has 3 N–H and O–H groups in total. The van der Waals surface area contributed by atoms with Gasteiger partial charge in [-0.2, -0.15) is 0 Å². The summed E-state index contributed by atoms with van der Waals surface area (Å²) < 4.78 is 13.0. The third-order valence-electron chi connectivity index (χ3n) is 3.91. The summed E-state index contributed by atoms with van der Waals surface area (Å²) in [4.78, 5) is 5.83. The predicted molar refractivity (Wildman–Crippen MR) is 123 cm³/mol. The molecule has 0 aliphatic rings. The van der Waals surface area contributed by atoms with Gasteiger partial charge in [0.05, 0.1) is 12.6 Å². The summed E-state index contributed by atoms with van der Waals surface area (Å²) in [5.41, 5.74) is 3.06. The molecule has 0 heterocycles. The summed E-state index contributed by atoms with van der Waals surface area (Å²) in [6.45, 7) is 5.64. The number of aryl methyl sites for hydroxylation is 1. The van der Waals surface area contributed by atoms with Crippen LogP contribution in [0.3, 0.4) is 0 Å². The number of nitrogens with zero attached hydrogens (tertiary/aromatic N) is 1. The lowest BCUT2D eigenvalue weighted by Gasteiger charge is -2.16. The van der Waals surface area contributed by atoms with Crippen LogP contribution in [0.1, 0.15) is 29.7 Å². The molecule has 0 amide bonds. The molecular weight excluding hydrogens is 476 g/mol. The predicted octanol–water partition coefficient (Wildman–Crippen LogP) is 4.26. The highest BCUT2D eigenvalue weighted by Gasteiger charge is 2.09. The van der Waals surface area contributed by atoms with Gasteiger partial charge in [-0.1, -0.05) is 24.3 Å². The summed E-state index contributed by atoms with van der Waals surface area (Å²) in [5.74, 6) is 0.327. The maximum Gasteiger partial charge on any atom is 0.191 e. The Morgan fingerprint density at radius 3 is 2.52 bits per heavy atom. The van der Waals surface area contributed by atoms with Crippen LogP contribution in [0.5, 0.6) is 0 Å². The molecule has 4 nitrogen and oxygen atoms in total. The molecule has 0 saturated heterocycles. The van der Waals surface area contributed by atoms with Crippen molar-refractivity contribution in [2.24, 2.45) is 4.99 Å².